The molecule has 1 saturated heterocycles. The van der Waals surface area contributed by atoms with Crippen LogP contribution in [0.3, 0.4) is 0 Å². The maximum atomic E-state index is 12.1. The third-order valence-corrected chi connectivity index (χ3v) is 4.99. The smallest absolute Gasteiger partial charge is 0.224 e. The fourth-order valence-corrected chi connectivity index (χ4v) is 3.55. The van der Waals surface area contributed by atoms with Gasteiger partial charge in [0.15, 0.2) is 0 Å². The molecule has 0 aromatic heterocycles. The van der Waals surface area contributed by atoms with E-state index in [2.05, 4.69) is 22.3 Å². The van der Waals surface area contributed by atoms with Crippen LogP contribution >= 0.6 is 23.2 Å². The first-order chi connectivity index (χ1) is 11.6. The maximum absolute atomic E-state index is 12.1. The molecule has 0 spiro atoms. The van der Waals surface area contributed by atoms with Crippen LogP contribution in [0.15, 0.2) is 42.5 Å². The molecule has 1 heterocycles. The number of anilines is 2. The zero-order valence-electron chi connectivity index (χ0n) is 13.4. The van der Waals surface area contributed by atoms with Crippen molar-refractivity contribution in [2.75, 3.05) is 23.3 Å². The van der Waals surface area contributed by atoms with Gasteiger partial charge in [-0.1, -0.05) is 29.3 Å². The molecule has 0 bridgehead atoms. The van der Waals surface area contributed by atoms with Gasteiger partial charge in [0.2, 0.25) is 5.91 Å². The van der Waals surface area contributed by atoms with Crippen molar-refractivity contribution in [1.82, 2.24) is 0 Å². The molecule has 1 N–H and O–H groups in total. The first-order valence-corrected chi connectivity index (χ1v) is 8.97. The van der Waals surface area contributed by atoms with E-state index in [1.165, 1.54) is 18.5 Å². The Kier molecular flexibility index (Phi) is 5.64. The van der Waals surface area contributed by atoms with Gasteiger partial charge in [0, 0.05) is 40.9 Å². The van der Waals surface area contributed by atoms with Crippen LogP contribution < -0.4 is 10.2 Å². The summed E-state index contributed by atoms with van der Waals surface area (Å²) in [6.45, 7) is 2.23. The normalized spacial score (nSPS) is 14.0. The minimum atomic E-state index is -0.0418. The number of hydrogen-bond donors (Lipinski definition) is 1. The zero-order chi connectivity index (χ0) is 16.9. The van der Waals surface area contributed by atoms with Crippen LogP contribution in [0.2, 0.25) is 10.0 Å². The van der Waals surface area contributed by atoms with E-state index in [-0.39, 0.29) is 5.91 Å². The Bertz CT molecular complexity index is 690. The van der Waals surface area contributed by atoms with Gasteiger partial charge >= 0.3 is 0 Å². The third kappa shape index (κ3) is 4.22. The number of nitrogens with zero attached hydrogens (tertiary/aromatic N) is 1. The minimum Gasteiger partial charge on any atom is -0.372 e. The Balaban J connectivity index is 1.55. The largest absolute Gasteiger partial charge is 0.372 e. The summed E-state index contributed by atoms with van der Waals surface area (Å²) < 4.78 is 0. The Labute approximate surface area is 152 Å². The molecule has 1 aliphatic heterocycles. The van der Waals surface area contributed by atoms with E-state index in [1.807, 2.05) is 12.1 Å². The van der Waals surface area contributed by atoms with Crippen molar-refractivity contribution in [3.05, 3.63) is 58.1 Å². The third-order valence-electron chi connectivity index (χ3n) is 4.29. The standard InChI is InChI=1S/C19H20Cl2N2O/c20-17-4-3-5-18(21)16(17)10-11-19(24)22-14-6-8-15(9-7-14)23-12-1-2-13-23/h3-9H,1-2,10-13H2,(H,22,24). The number of carbonyl (C=O) groups excluding carboxylic acids is 1. The quantitative estimate of drug-likeness (QED) is 0.795. The second-order valence-electron chi connectivity index (χ2n) is 5.99. The summed E-state index contributed by atoms with van der Waals surface area (Å²) in [5, 5.41) is 4.13. The molecule has 24 heavy (non-hydrogen) atoms. The van der Waals surface area contributed by atoms with Crippen LogP contribution in [-0.4, -0.2) is 19.0 Å². The highest BCUT2D eigenvalue weighted by atomic mass is 35.5. The number of benzene rings is 2. The molecule has 1 amide bonds. The second-order valence-corrected chi connectivity index (χ2v) is 6.80. The van der Waals surface area contributed by atoms with E-state index >= 15 is 0 Å². The SMILES string of the molecule is O=C(CCc1c(Cl)cccc1Cl)Nc1ccc(N2CCCC2)cc1. The summed E-state index contributed by atoms with van der Waals surface area (Å²) in [4.78, 5) is 14.5. The maximum Gasteiger partial charge on any atom is 0.224 e. The van der Waals surface area contributed by atoms with Gasteiger partial charge in [0.1, 0.15) is 0 Å². The Hall–Kier alpha value is -1.71. The van der Waals surface area contributed by atoms with Crippen LogP contribution in [-0.2, 0) is 11.2 Å². The Morgan fingerprint density at radius 2 is 1.62 bits per heavy atom. The molecule has 3 rings (SSSR count). The number of nitrogens with one attached hydrogen (secondary N) is 1. The van der Waals surface area contributed by atoms with Gasteiger partial charge in [-0.3, -0.25) is 4.79 Å². The van der Waals surface area contributed by atoms with E-state index < -0.39 is 0 Å². The van der Waals surface area contributed by atoms with Gasteiger partial charge < -0.3 is 10.2 Å². The van der Waals surface area contributed by atoms with E-state index in [1.54, 1.807) is 18.2 Å². The number of rotatable bonds is 5. The molecule has 0 radical (unpaired) electrons. The highest BCUT2D eigenvalue weighted by molar-refractivity contribution is 6.36. The summed E-state index contributed by atoms with van der Waals surface area (Å²) in [5.41, 5.74) is 2.85. The summed E-state index contributed by atoms with van der Waals surface area (Å²) in [6.07, 6.45) is 3.37. The van der Waals surface area contributed by atoms with Crippen molar-refractivity contribution in [3.63, 3.8) is 0 Å². The fraction of sp³-hybridized carbons (Fsp3) is 0.316. The van der Waals surface area contributed by atoms with Crippen molar-refractivity contribution in [2.45, 2.75) is 25.7 Å². The van der Waals surface area contributed by atoms with Crippen LogP contribution in [0, 0.1) is 0 Å². The lowest BCUT2D eigenvalue weighted by Crippen LogP contribution is -2.17. The first-order valence-electron chi connectivity index (χ1n) is 8.21. The van der Waals surface area contributed by atoms with Crippen LogP contribution in [0.25, 0.3) is 0 Å². The number of hydrogen-bond acceptors (Lipinski definition) is 2. The highest BCUT2D eigenvalue weighted by Gasteiger charge is 2.12. The molecule has 5 heteroatoms. The average molecular weight is 363 g/mol. The Morgan fingerprint density at radius 1 is 1.00 bits per heavy atom. The minimum absolute atomic E-state index is 0.0418. The molecule has 0 atom stereocenters. The van der Waals surface area contributed by atoms with Crippen molar-refractivity contribution in [1.29, 1.82) is 0 Å². The van der Waals surface area contributed by atoms with Crippen molar-refractivity contribution < 1.29 is 4.79 Å². The van der Waals surface area contributed by atoms with Crippen molar-refractivity contribution >= 4 is 40.5 Å². The predicted molar refractivity (Wildman–Crippen MR) is 101 cm³/mol. The topological polar surface area (TPSA) is 32.3 Å². The van der Waals surface area contributed by atoms with Gasteiger partial charge in [-0.25, -0.2) is 0 Å². The van der Waals surface area contributed by atoms with E-state index in [0.717, 1.165) is 24.3 Å². The molecule has 0 saturated carbocycles. The van der Waals surface area contributed by atoms with Crippen LogP contribution in [0.5, 0.6) is 0 Å². The summed E-state index contributed by atoms with van der Waals surface area (Å²) >= 11 is 12.3. The molecule has 1 fully saturated rings. The fourth-order valence-electron chi connectivity index (χ4n) is 2.96. The van der Waals surface area contributed by atoms with Gasteiger partial charge in [0.25, 0.3) is 0 Å². The van der Waals surface area contributed by atoms with Gasteiger partial charge in [-0.05, 0) is 61.2 Å². The number of halogens is 2. The lowest BCUT2D eigenvalue weighted by atomic mass is 10.1. The second kappa shape index (κ2) is 7.91. The molecule has 1 aliphatic rings. The lowest BCUT2D eigenvalue weighted by Gasteiger charge is -2.17. The molecule has 126 valence electrons. The summed E-state index contributed by atoms with van der Waals surface area (Å²) in [5.74, 6) is -0.0418. The van der Waals surface area contributed by atoms with Crippen molar-refractivity contribution in [3.8, 4) is 0 Å². The monoisotopic (exact) mass is 362 g/mol. The highest BCUT2D eigenvalue weighted by Crippen LogP contribution is 2.26. The van der Waals surface area contributed by atoms with Crippen LogP contribution in [0.4, 0.5) is 11.4 Å². The summed E-state index contributed by atoms with van der Waals surface area (Å²) in [7, 11) is 0. The molecular weight excluding hydrogens is 343 g/mol. The molecule has 0 unspecified atom stereocenters. The van der Waals surface area contributed by atoms with Gasteiger partial charge in [-0.2, -0.15) is 0 Å². The lowest BCUT2D eigenvalue weighted by molar-refractivity contribution is -0.116. The van der Waals surface area contributed by atoms with E-state index in [9.17, 15) is 4.79 Å². The Morgan fingerprint density at radius 3 is 2.25 bits per heavy atom. The van der Waals surface area contributed by atoms with E-state index in [4.69, 9.17) is 23.2 Å². The average Bonchev–Trinajstić information content (AvgIpc) is 3.09. The van der Waals surface area contributed by atoms with Gasteiger partial charge in [-0.15, -0.1) is 0 Å². The van der Waals surface area contributed by atoms with Crippen LogP contribution in [0.1, 0.15) is 24.8 Å². The molecule has 2 aromatic carbocycles. The molecular formula is C19H20Cl2N2O. The molecule has 0 aliphatic carbocycles. The molecule has 2 aromatic rings. The number of carbonyl (C=O) groups is 1. The zero-order valence-corrected chi connectivity index (χ0v) is 14.9. The van der Waals surface area contributed by atoms with Crippen molar-refractivity contribution in [2.24, 2.45) is 0 Å². The van der Waals surface area contributed by atoms with Gasteiger partial charge in [0.05, 0.1) is 0 Å². The summed E-state index contributed by atoms with van der Waals surface area (Å²) in [6, 6.07) is 13.4. The molecule has 3 nitrogen and oxygen atoms in total. The first kappa shape index (κ1) is 17.1. The number of amides is 1. The predicted octanol–water partition coefficient (Wildman–Crippen LogP) is 5.16. The van der Waals surface area contributed by atoms with E-state index in [0.29, 0.717) is 22.9 Å².